The van der Waals surface area contributed by atoms with E-state index >= 15 is 0 Å². The van der Waals surface area contributed by atoms with Crippen LogP contribution in [0.1, 0.15) is 32.3 Å². The first-order valence-corrected chi connectivity index (χ1v) is 8.54. The number of para-hydroxylation sites is 1. The lowest BCUT2D eigenvalue weighted by atomic mass is 9.92. The van der Waals surface area contributed by atoms with Gasteiger partial charge in [0.1, 0.15) is 5.82 Å². The SMILES string of the molecule is CC1CCCN(c2nc3ccccc3cc2CBr)C1C. The van der Waals surface area contributed by atoms with E-state index in [1.165, 1.54) is 29.6 Å². The van der Waals surface area contributed by atoms with Crippen LogP contribution in [0.4, 0.5) is 5.82 Å². The highest BCUT2D eigenvalue weighted by Crippen LogP contribution is 2.32. The average molecular weight is 333 g/mol. The van der Waals surface area contributed by atoms with Gasteiger partial charge < -0.3 is 4.90 Å². The monoisotopic (exact) mass is 332 g/mol. The Morgan fingerprint density at radius 3 is 2.90 bits per heavy atom. The van der Waals surface area contributed by atoms with E-state index in [1.54, 1.807) is 0 Å². The molecule has 0 amide bonds. The molecule has 1 saturated heterocycles. The molecular weight excluding hydrogens is 312 g/mol. The maximum absolute atomic E-state index is 4.95. The lowest BCUT2D eigenvalue weighted by Gasteiger charge is -2.39. The van der Waals surface area contributed by atoms with Gasteiger partial charge in [-0.2, -0.15) is 0 Å². The molecule has 20 heavy (non-hydrogen) atoms. The van der Waals surface area contributed by atoms with E-state index in [4.69, 9.17) is 4.98 Å². The van der Waals surface area contributed by atoms with Crippen molar-refractivity contribution in [2.75, 3.05) is 11.4 Å². The van der Waals surface area contributed by atoms with E-state index in [0.29, 0.717) is 6.04 Å². The molecule has 0 bridgehead atoms. The third kappa shape index (κ3) is 2.44. The minimum atomic E-state index is 0.565. The van der Waals surface area contributed by atoms with E-state index in [0.717, 1.165) is 23.3 Å². The van der Waals surface area contributed by atoms with Crippen molar-refractivity contribution in [1.82, 2.24) is 4.98 Å². The molecule has 1 aromatic heterocycles. The largest absolute Gasteiger partial charge is 0.353 e. The molecule has 106 valence electrons. The molecule has 1 aliphatic rings. The van der Waals surface area contributed by atoms with Gasteiger partial charge in [0.2, 0.25) is 0 Å². The predicted octanol–water partition coefficient (Wildman–Crippen LogP) is 4.75. The molecule has 0 N–H and O–H groups in total. The highest BCUT2D eigenvalue weighted by atomic mass is 79.9. The van der Waals surface area contributed by atoms with E-state index in [-0.39, 0.29) is 0 Å². The molecule has 2 atom stereocenters. The summed E-state index contributed by atoms with van der Waals surface area (Å²) in [4.78, 5) is 7.45. The van der Waals surface area contributed by atoms with Gasteiger partial charge >= 0.3 is 0 Å². The second kappa shape index (κ2) is 5.72. The molecule has 1 aromatic carbocycles. The second-order valence-corrected chi connectivity index (χ2v) is 6.41. The number of piperidine rings is 1. The maximum Gasteiger partial charge on any atom is 0.133 e. The molecule has 2 heterocycles. The van der Waals surface area contributed by atoms with Crippen LogP contribution in [0, 0.1) is 5.92 Å². The number of nitrogens with zero attached hydrogens (tertiary/aromatic N) is 2. The standard InChI is InChI=1S/C17H21BrN2/c1-12-6-5-9-20(13(12)2)17-15(11-18)10-14-7-3-4-8-16(14)19-17/h3-4,7-8,10,12-13H,5-6,9,11H2,1-2H3. The number of halogens is 1. The van der Waals surface area contributed by atoms with Crippen LogP contribution in [-0.2, 0) is 5.33 Å². The molecule has 0 spiro atoms. The number of hydrogen-bond donors (Lipinski definition) is 0. The highest BCUT2D eigenvalue weighted by Gasteiger charge is 2.27. The van der Waals surface area contributed by atoms with Crippen LogP contribution < -0.4 is 4.90 Å². The van der Waals surface area contributed by atoms with Gasteiger partial charge in [-0.1, -0.05) is 41.1 Å². The number of aromatic nitrogens is 1. The summed E-state index contributed by atoms with van der Waals surface area (Å²) in [6.07, 6.45) is 2.59. The van der Waals surface area contributed by atoms with Gasteiger partial charge in [-0.25, -0.2) is 4.98 Å². The molecular formula is C17H21BrN2. The zero-order valence-electron chi connectivity index (χ0n) is 12.1. The summed E-state index contributed by atoms with van der Waals surface area (Å²) in [7, 11) is 0. The summed E-state index contributed by atoms with van der Waals surface area (Å²) in [6, 6.07) is 11.2. The van der Waals surface area contributed by atoms with Crippen molar-refractivity contribution >= 4 is 32.7 Å². The number of benzene rings is 1. The van der Waals surface area contributed by atoms with Gasteiger partial charge in [-0.05, 0) is 37.8 Å². The smallest absolute Gasteiger partial charge is 0.133 e. The maximum atomic E-state index is 4.95. The zero-order chi connectivity index (χ0) is 14.1. The summed E-state index contributed by atoms with van der Waals surface area (Å²) in [5, 5.41) is 2.08. The third-order valence-corrected chi connectivity index (χ3v) is 5.17. The van der Waals surface area contributed by atoms with Crippen LogP contribution in [0.25, 0.3) is 10.9 Å². The molecule has 2 aromatic rings. The van der Waals surface area contributed by atoms with Crippen LogP contribution in [-0.4, -0.2) is 17.6 Å². The van der Waals surface area contributed by atoms with Crippen molar-refractivity contribution in [3.8, 4) is 0 Å². The fraction of sp³-hybridized carbons (Fsp3) is 0.471. The number of hydrogen-bond acceptors (Lipinski definition) is 2. The lowest BCUT2D eigenvalue weighted by Crippen LogP contribution is -2.43. The molecule has 3 heteroatoms. The molecule has 0 radical (unpaired) electrons. The quantitative estimate of drug-likeness (QED) is 0.737. The van der Waals surface area contributed by atoms with Gasteiger partial charge in [0.05, 0.1) is 5.52 Å². The third-order valence-electron chi connectivity index (χ3n) is 4.57. The van der Waals surface area contributed by atoms with Crippen molar-refractivity contribution in [3.63, 3.8) is 0 Å². The Bertz CT molecular complexity index is 611. The average Bonchev–Trinajstić information content (AvgIpc) is 2.48. The van der Waals surface area contributed by atoms with E-state index < -0.39 is 0 Å². The van der Waals surface area contributed by atoms with E-state index in [9.17, 15) is 0 Å². The Morgan fingerprint density at radius 1 is 1.30 bits per heavy atom. The van der Waals surface area contributed by atoms with Crippen LogP contribution in [0.3, 0.4) is 0 Å². The van der Waals surface area contributed by atoms with Gasteiger partial charge in [-0.15, -0.1) is 0 Å². The van der Waals surface area contributed by atoms with Crippen LogP contribution in [0.5, 0.6) is 0 Å². The fourth-order valence-electron chi connectivity index (χ4n) is 3.13. The van der Waals surface area contributed by atoms with Crippen molar-refractivity contribution in [3.05, 3.63) is 35.9 Å². The minimum Gasteiger partial charge on any atom is -0.353 e. The molecule has 3 rings (SSSR count). The Morgan fingerprint density at radius 2 is 2.10 bits per heavy atom. The Balaban J connectivity index is 2.09. The number of rotatable bonds is 2. The van der Waals surface area contributed by atoms with Crippen LogP contribution in [0.15, 0.2) is 30.3 Å². The minimum absolute atomic E-state index is 0.565. The molecule has 2 unspecified atom stereocenters. The fourth-order valence-corrected chi connectivity index (χ4v) is 3.54. The number of alkyl halides is 1. The lowest BCUT2D eigenvalue weighted by molar-refractivity contribution is 0.361. The predicted molar refractivity (Wildman–Crippen MR) is 89.6 cm³/mol. The number of pyridine rings is 1. The summed E-state index contributed by atoms with van der Waals surface area (Å²) in [5.41, 5.74) is 2.39. The first kappa shape index (κ1) is 13.9. The number of fused-ring (bicyclic) bond motifs is 1. The highest BCUT2D eigenvalue weighted by molar-refractivity contribution is 9.08. The topological polar surface area (TPSA) is 16.1 Å². The van der Waals surface area contributed by atoms with Gasteiger partial charge in [0, 0.05) is 28.9 Å². The van der Waals surface area contributed by atoms with Gasteiger partial charge in [0.25, 0.3) is 0 Å². The summed E-state index contributed by atoms with van der Waals surface area (Å²) in [6.45, 7) is 5.81. The van der Waals surface area contributed by atoms with Gasteiger partial charge in [-0.3, -0.25) is 0 Å². The summed E-state index contributed by atoms with van der Waals surface area (Å²) in [5.74, 6) is 1.90. The normalized spacial score (nSPS) is 23.2. The molecule has 0 aliphatic carbocycles. The molecule has 1 fully saturated rings. The van der Waals surface area contributed by atoms with Crippen molar-refractivity contribution in [2.45, 2.75) is 38.1 Å². The first-order chi connectivity index (χ1) is 9.70. The van der Waals surface area contributed by atoms with Crippen LogP contribution >= 0.6 is 15.9 Å². The first-order valence-electron chi connectivity index (χ1n) is 7.42. The zero-order valence-corrected chi connectivity index (χ0v) is 13.7. The van der Waals surface area contributed by atoms with Crippen molar-refractivity contribution < 1.29 is 0 Å². The Hall–Kier alpha value is -1.09. The molecule has 1 aliphatic heterocycles. The van der Waals surface area contributed by atoms with Crippen LogP contribution in [0.2, 0.25) is 0 Å². The van der Waals surface area contributed by atoms with Crippen molar-refractivity contribution in [1.29, 1.82) is 0 Å². The second-order valence-electron chi connectivity index (χ2n) is 5.85. The Labute approximate surface area is 129 Å². The summed E-state index contributed by atoms with van der Waals surface area (Å²) < 4.78 is 0. The van der Waals surface area contributed by atoms with Gasteiger partial charge in [0.15, 0.2) is 0 Å². The molecule has 0 saturated carbocycles. The van der Waals surface area contributed by atoms with E-state index in [2.05, 4.69) is 65.0 Å². The number of anilines is 1. The Kier molecular flexibility index (Phi) is 3.97. The molecule has 2 nitrogen and oxygen atoms in total. The summed E-state index contributed by atoms with van der Waals surface area (Å²) >= 11 is 3.63. The van der Waals surface area contributed by atoms with Crippen molar-refractivity contribution in [2.24, 2.45) is 5.92 Å². The van der Waals surface area contributed by atoms with E-state index in [1.807, 2.05) is 0 Å².